The summed E-state index contributed by atoms with van der Waals surface area (Å²) in [5, 5.41) is 4.48. The van der Waals surface area contributed by atoms with Crippen molar-refractivity contribution in [1.29, 1.82) is 0 Å². The zero-order valence-electron chi connectivity index (χ0n) is 10.7. The molecule has 0 spiro atoms. The molecule has 3 N–H and O–H groups in total. The summed E-state index contributed by atoms with van der Waals surface area (Å²) in [5.41, 5.74) is 8.57. The number of para-hydroxylation sites is 1. The van der Waals surface area contributed by atoms with Gasteiger partial charge in [0.25, 0.3) is 0 Å². The van der Waals surface area contributed by atoms with Crippen LogP contribution in [0.5, 0.6) is 5.75 Å². The minimum Gasteiger partial charge on any atom is -0.486 e. The number of anilines is 2. The Bertz CT molecular complexity index is 626. The van der Waals surface area contributed by atoms with Crippen molar-refractivity contribution in [2.75, 3.05) is 11.9 Å². The van der Waals surface area contributed by atoms with E-state index in [4.69, 9.17) is 33.7 Å². The Morgan fingerprint density at radius 3 is 2.65 bits per heavy atom. The molecule has 2 aromatic rings. The van der Waals surface area contributed by atoms with Crippen molar-refractivity contribution >= 4 is 34.6 Å². The van der Waals surface area contributed by atoms with Gasteiger partial charge in [-0.15, -0.1) is 0 Å². The first-order valence-electron chi connectivity index (χ1n) is 6.37. The minimum absolute atomic E-state index is 0.0518. The zero-order chi connectivity index (χ0) is 14.1. The molecule has 0 amide bonds. The van der Waals surface area contributed by atoms with Crippen LogP contribution >= 0.6 is 23.2 Å². The number of nitrogens with two attached hydrogens (primary N) is 1. The summed E-state index contributed by atoms with van der Waals surface area (Å²) in [6.45, 7) is 0.511. The van der Waals surface area contributed by atoms with Gasteiger partial charge in [0.05, 0.1) is 5.69 Å². The highest BCUT2D eigenvalue weighted by Crippen LogP contribution is 2.38. The second-order valence-corrected chi connectivity index (χ2v) is 5.63. The molecule has 5 heteroatoms. The lowest BCUT2D eigenvalue weighted by Gasteiger charge is -2.13. The Labute approximate surface area is 127 Å². The standard InChI is InChI=1S/C15H14Cl2N2O/c16-10-5-11(17)7-12(6-10)19-14-3-1-2-9-4-13(8-18)20-15(9)14/h1-3,5-7,13,19H,4,8,18H2. The summed E-state index contributed by atoms with van der Waals surface area (Å²) in [4.78, 5) is 0. The molecule has 1 aliphatic rings. The third-order valence-electron chi connectivity index (χ3n) is 3.23. The molecule has 1 heterocycles. The van der Waals surface area contributed by atoms with Gasteiger partial charge in [-0.1, -0.05) is 35.3 Å². The predicted octanol–water partition coefficient (Wildman–Crippen LogP) is 4.00. The summed E-state index contributed by atoms with van der Waals surface area (Å²) in [7, 11) is 0. The van der Waals surface area contributed by atoms with Gasteiger partial charge in [0, 0.05) is 34.3 Å². The molecular formula is C15H14Cl2N2O. The first-order valence-corrected chi connectivity index (χ1v) is 7.13. The summed E-state index contributed by atoms with van der Waals surface area (Å²) in [6.07, 6.45) is 0.897. The van der Waals surface area contributed by atoms with Crippen LogP contribution in [-0.4, -0.2) is 12.6 Å². The molecular weight excluding hydrogens is 295 g/mol. The number of hydrogen-bond acceptors (Lipinski definition) is 3. The first kappa shape index (κ1) is 13.6. The Hall–Kier alpha value is -1.42. The van der Waals surface area contributed by atoms with E-state index in [1.165, 1.54) is 5.56 Å². The molecule has 0 aromatic heterocycles. The SMILES string of the molecule is NCC1Cc2cccc(Nc3cc(Cl)cc(Cl)c3)c2O1. The fourth-order valence-corrected chi connectivity index (χ4v) is 2.88. The van der Waals surface area contributed by atoms with E-state index in [1.807, 2.05) is 24.3 Å². The average Bonchev–Trinajstić information content (AvgIpc) is 2.81. The van der Waals surface area contributed by atoms with Gasteiger partial charge < -0.3 is 15.8 Å². The van der Waals surface area contributed by atoms with Crippen molar-refractivity contribution in [2.24, 2.45) is 5.73 Å². The van der Waals surface area contributed by atoms with Crippen LogP contribution in [0, 0.1) is 0 Å². The van der Waals surface area contributed by atoms with Crippen LogP contribution in [0.25, 0.3) is 0 Å². The predicted molar refractivity (Wildman–Crippen MR) is 83.4 cm³/mol. The van der Waals surface area contributed by atoms with Gasteiger partial charge in [-0.05, 0) is 24.3 Å². The fraction of sp³-hybridized carbons (Fsp3) is 0.200. The summed E-state index contributed by atoms with van der Waals surface area (Å²) in [6, 6.07) is 11.4. The number of nitrogens with one attached hydrogen (secondary N) is 1. The molecule has 2 aromatic carbocycles. The van der Waals surface area contributed by atoms with E-state index < -0.39 is 0 Å². The molecule has 20 heavy (non-hydrogen) atoms. The average molecular weight is 309 g/mol. The van der Waals surface area contributed by atoms with Gasteiger partial charge in [-0.3, -0.25) is 0 Å². The topological polar surface area (TPSA) is 47.3 Å². The summed E-state index contributed by atoms with van der Waals surface area (Å²) in [5.74, 6) is 0.860. The van der Waals surface area contributed by atoms with Crippen molar-refractivity contribution in [2.45, 2.75) is 12.5 Å². The third kappa shape index (κ3) is 2.70. The normalized spacial score (nSPS) is 16.6. The van der Waals surface area contributed by atoms with Crippen LogP contribution in [0.15, 0.2) is 36.4 Å². The largest absolute Gasteiger partial charge is 0.486 e. The maximum atomic E-state index is 6.01. The van der Waals surface area contributed by atoms with E-state index >= 15 is 0 Å². The highest BCUT2D eigenvalue weighted by Gasteiger charge is 2.24. The Balaban J connectivity index is 1.91. The Morgan fingerprint density at radius 2 is 1.95 bits per heavy atom. The highest BCUT2D eigenvalue weighted by molar-refractivity contribution is 6.35. The zero-order valence-corrected chi connectivity index (χ0v) is 12.2. The van der Waals surface area contributed by atoms with Crippen molar-refractivity contribution in [3.05, 3.63) is 52.0 Å². The number of rotatable bonds is 3. The lowest BCUT2D eigenvalue weighted by Crippen LogP contribution is -2.24. The molecule has 1 atom stereocenters. The molecule has 3 rings (SSSR count). The van der Waals surface area contributed by atoms with E-state index in [1.54, 1.807) is 6.07 Å². The smallest absolute Gasteiger partial charge is 0.146 e. The van der Waals surface area contributed by atoms with Gasteiger partial charge >= 0.3 is 0 Å². The van der Waals surface area contributed by atoms with Gasteiger partial charge in [0.15, 0.2) is 0 Å². The van der Waals surface area contributed by atoms with Crippen molar-refractivity contribution < 1.29 is 4.74 Å². The van der Waals surface area contributed by atoms with E-state index in [2.05, 4.69) is 11.4 Å². The van der Waals surface area contributed by atoms with Gasteiger partial charge in [0.1, 0.15) is 11.9 Å². The number of ether oxygens (including phenoxy) is 1. The van der Waals surface area contributed by atoms with E-state index in [0.29, 0.717) is 16.6 Å². The van der Waals surface area contributed by atoms with Crippen molar-refractivity contribution in [3.8, 4) is 5.75 Å². The fourth-order valence-electron chi connectivity index (χ4n) is 2.35. The maximum absolute atomic E-state index is 6.01. The number of benzene rings is 2. The van der Waals surface area contributed by atoms with Crippen molar-refractivity contribution in [3.63, 3.8) is 0 Å². The highest BCUT2D eigenvalue weighted by atomic mass is 35.5. The molecule has 3 nitrogen and oxygen atoms in total. The molecule has 0 fully saturated rings. The van der Waals surface area contributed by atoms with Crippen LogP contribution in [0.2, 0.25) is 10.0 Å². The van der Waals surface area contributed by atoms with E-state index in [9.17, 15) is 0 Å². The van der Waals surface area contributed by atoms with Gasteiger partial charge in [-0.2, -0.15) is 0 Å². The molecule has 0 saturated carbocycles. The van der Waals surface area contributed by atoms with Gasteiger partial charge in [-0.25, -0.2) is 0 Å². The monoisotopic (exact) mass is 308 g/mol. The van der Waals surface area contributed by atoms with E-state index in [-0.39, 0.29) is 6.10 Å². The van der Waals surface area contributed by atoms with Crippen LogP contribution in [0.1, 0.15) is 5.56 Å². The molecule has 0 aliphatic carbocycles. The summed E-state index contributed by atoms with van der Waals surface area (Å²) < 4.78 is 5.87. The second kappa shape index (κ2) is 5.52. The molecule has 0 bridgehead atoms. The Kier molecular flexibility index (Phi) is 3.74. The molecule has 1 aliphatic heterocycles. The van der Waals surface area contributed by atoms with Crippen LogP contribution in [-0.2, 0) is 6.42 Å². The van der Waals surface area contributed by atoms with E-state index in [0.717, 1.165) is 23.5 Å². The molecule has 1 unspecified atom stereocenters. The summed E-state index contributed by atoms with van der Waals surface area (Å²) >= 11 is 12.0. The van der Waals surface area contributed by atoms with Crippen LogP contribution < -0.4 is 15.8 Å². The lowest BCUT2D eigenvalue weighted by atomic mass is 10.1. The second-order valence-electron chi connectivity index (χ2n) is 4.76. The van der Waals surface area contributed by atoms with Gasteiger partial charge in [0.2, 0.25) is 0 Å². The number of fused-ring (bicyclic) bond motifs is 1. The number of halogens is 2. The third-order valence-corrected chi connectivity index (χ3v) is 3.67. The maximum Gasteiger partial charge on any atom is 0.146 e. The minimum atomic E-state index is 0.0518. The van der Waals surface area contributed by atoms with Crippen molar-refractivity contribution in [1.82, 2.24) is 0 Å². The molecule has 0 saturated heterocycles. The van der Waals surface area contributed by atoms with Crippen LogP contribution in [0.4, 0.5) is 11.4 Å². The lowest BCUT2D eigenvalue weighted by molar-refractivity contribution is 0.242. The van der Waals surface area contributed by atoms with Crippen LogP contribution in [0.3, 0.4) is 0 Å². The Morgan fingerprint density at radius 1 is 1.20 bits per heavy atom. The quantitative estimate of drug-likeness (QED) is 0.901. The molecule has 104 valence electrons. The number of hydrogen-bond donors (Lipinski definition) is 2. The first-order chi connectivity index (χ1) is 9.65. The molecule has 0 radical (unpaired) electrons.